The molecule has 1 atom stereocenters. The van der Waals surface area contributed by atoms with Crippen molar-refractivity contribution in [2.24, 2.45) is 0 Å². The van der Waals surface area contributed by atoms with E-state index in [-0.39, 0.29) is 5.69 Å². The maximum atomic E-state index is 13.5. The second-order valence-electron chi connectivity index (χ2n) is 5.71. The standard InChI is InChI=1S/C18H20F2N2O2/c1-11(2)13-4-7-15(8-5-13)24-12(3)21-18(23)22-17-9-6-14(19)10-16(17)20/h4-12H,1-3H3,(H2,21,22,23). The van der Waals surface area contributed by atoms with Gasteiger partial charge in [-0.15, -0.1) is 0 Å². The number of carbonyl (C=O) groups excluding carboxylic acids is 1. The largest absolute Gasteiger partial charge is 0.471 e. The van der Waals surface area contributed by atoms with E-state index in [4.69, 9.17) is 4.74 Å². The molecule has 1 unspecified atom stereocenters. The van der Waals surface area contributed by atoms with Crippen molar-refractivity contribution in [2.45, 2.75) is 32.9 Å². The molecule has 0 fully saturated rings. The number of hydrogen-bond acceptors (Lipinski definition) is 2. The van der Waals surface area contributed by atoms with Gasteiger partial charge in [-0.05, 0) is 42.7 Å². The van der Waals surface area contributed by atoms with Gasteiger partial charge < -0.3 is 15.4 Å². The summed E-state index contributed by atoms with van der Waals surface area (Å²) in [5.41, 5.74) is 1.08. The number of hydrogen-bond donors (Lipinski definition) is 2. The van der Waals surface area contributed by atoms with Gasteiger partial charge in [0.1, 0.15) is 17.4 Å². The smallest absolute Gasteiger partial charge is 0.322 e. The average Bonchev–Trinajstić information content (AvgIpc) is 2.50. The lowest BCUT2D eigenvalue weighted by Crippen LogP contribution is -2.39. The lowest BCUT2D eigenvalue weighted by molar-refractivity contribution is 0.183. The van der Waals surface area contributed by atoms with Crippen molar-refractivity contribution in [3.05, 3.63) is 59.7 Å². The first kappa shape index (κ1) is 17.7. The zero-order chi connectivity index (χ0) is 17.7. The maximum absolute atomic E-state index is 13.5. The first-order chi connectivity index (χ1) is 11.3. The molecule has 128 valence electrons. The van der Waals surface area contributed by atoms with E-state index in [2.05, 4.69) is 24.5 Å². The van der Waals surface area contributed by atoms with Crippen LogP contribution in [0.15, 0.2) is 42.5 Å². The lowest BCUT2D eigenvalue weighted by Gasteiger charge is -2.17. The number of benzene rings is 2. The molecule has 2 aromatic carbocycles. The SMILES string of the molecule is CC(NC(=O)Nc1ccc(F)cc1F)Oc1ccc(C(C)C)cc1. The Hall–Kier alpha value is -2.63. The third-order valence-electron chi connectivity index (χ3n) is 3.37. The van der Waals surface area contributed by atoms with Crippen LogP contribution in [0.25, 0.3) is 0 Å². The van der Waals surface area contributed by atoms with E-state index in [1.807, 2.05) is 24.3 Å². The Labute approximate surface area is 139 Å². The molecule has 4 nitrogen and oxygen atoms in total. The Bertz CT molecular complexity index is 703. The average molecular weight is 334 g/mol. The number of anilines is 1. The molecule has 0 aliphatic carbocycles. The van der Waals surface area contributed by atoms with Crippen LogP contribution in [0.4, 0.5) is 19.3 Å². The van der Waals surface area contributed by atoms with Crippen LogP contribution in [0.3, 0.4) is 0 Å². The van der Waals surface area contributed by atoms with Gasteiger partial charge in [0.15, 0.2) is 6.23 Å². The van der Waals surface area contributed by atoms with Crippen molar-refractivity contribution in [1.29, 1.82) is 0 Å². The zero-order valence-corrected chi connectivity index (χ0v) is 13.8. The fraction of sp³-hybridized carbons (Fsp3) is 0.278. The predicted molar refractivity (Wildman–Crippen MR) is 89.1 cm³/mol. The Kier molecular flexibility index (Phi) is 5.73. The highest BCUT2D eigenvalue weighted by atomic mass is 19.1. The molecule has 2 rings (SSSR count). The molecule has 0 aliphatic heterocycles. The van der Waals surface area contributed by atoms with E-state index in [0.717, 1.165) is 12.1 Å². The Morgan fingerprint density at radius 2 is 1.71 bits per heavy atom. The highest BCUT2D eigenvalue weighted by Crippen LogP contribution is 2.19. The molecular formula is C18H20F2N2O2. The van der Waals surface area contributed by atoms with E-state index in [1.54, 1.807) is 6.92 Å². The number of amides is 2. The van der Waals surface area contributed by atoms with E-state index in [9.17, 15) is 13.6 Å². The maximum Gasteiger partial charge on any atom is 0.322 e. The van der Waals surface area contributed by atoms with E-state index >= 15 is 0 Å². The number of nitrogens with one attached hydrogen (secondary N) is 2. The van der Waals surface area contributed by atoms with Crippen LogP contribution in [0.5, 0.6) is 5.75 Å². The molecule has 2 N–H and O–H groups in total. The molecule has 0 bridgehead atoms. The second-order valence-corrected chi connectivity index (χ2v) is 5.71. The molecule has 2 amide bonds. The quantitative estimate of drug-likeness (QED) is 0.783. The number of halogens is 2. The van der Waals surface area contributed by atoms with Crippen LogP contribution >= 0.6 is 0 Å². The molecular weight excluding hydrogens is 314 g/mol. The van der Waals surface area contributed by atoms with Gasteiger partial charge in [-0.3, -0.25) is 0 Å². The summed E-state index contributed by atoms with van der Waals surface area (Å²) in [6.07, 6.45) is -0.626. The van der Waals surface area contributed by atoms with Crippen molar-refractivity contribution >= 4 is 11.7 Å². The molecule has 0 radical (unpaired) electrons. The molecule has 0 saturated heterocycles. The lowest BCUT2D eigenvalue weighted by atomic mass is 10.0. The summed E-state index contributed by atoms with van der Waals surface area (Å²) in [5.74, 6) is -0.519. The molecule has 6 heteroatoms. The van der Waals surface area contributed by atoms with Crippen molar-refractivity contribution in [3.8, 4) is 5.75 Å². The molecule has 0 saturated carbocycles. The topological polar surface area (TPSA) is 50.4 Å². The molecule has 0 aliphatic rings. The molecule has 0 aromatic heterocycles. The van der Waals surface area contributed by atoms with Crippen LogP contribution in [0.1, 0.15) is 32.3 Å². The summed E-state index contributed by atoms with van der Waals surface area (Å²) < 4.78 is 31.9. The minimum atomic E-state index is -0.844. The summed E-state index contributed by atoms with van der Waals surface area (Å²) in [6, 6.07) is 9.84. The first-order valence-corrected chi connectivity index (χ1v) is 7.64. The summed E-state index contributed by atoms with van der Waals surface area (Å²) in [5, 5.41) is 4.83. The van der Waals surface area contributed by atoms with Gasteiger partial charge in [-0.2, -0.15) is 0 Å². The summed E-state index contributed by atoms with van der Waals surface area (Å²) in [6.45, 7) is 5.84. The second kappa shape index (κ2) is 7.77. The minimum Gasteiger partial charge on any atom is -0.471 e. The number of urea groups is 1. The van der Waals surface area contributed by atoms with Gasteiger partial charge in [0, 0.05) is 6.07 Å². The van der Waals surface area contributed by atoms with Crippen LogP contribution in [-0.2, 0) is 0 Å². The van der Waals surface area contributed by atoms with Gasteiger partial charge in [-0.25, -0.2) is 13.6 Å². The van der Waals surface area contributed by atoms with Gasteiger partial charge >= 0.3 is 6.03 Å². The van der Waals surface area contributed by atoms with Crippen LogP contribution in [0, 0.1) is 11.6 Å². The fourth-order valence-electron chi connectivity index (χ4n) is 2.10. The Balaban J connectivity index is 1.89. The molecule has 24 heavy (non-hydrogen) atoms. The van der Waals surface area contributed by atoms with Crippen molar-refractivity contribution in [2.75, 3.05) is 5.32 Å². The molecule has 0 spiro atoms. The first-order valence-electron chi connectivity index (χ1n) is 7.64. The highest BCUT2D eigenvalue weighted by Gasteiger charge is 2.11. The summed E-state index contributed by atoms with van der Waals surface area (Å²) in [4.78, 5) is 11.8. The number of carbonyl (C=O) groups is 1. The van der Waals surface area contributed by atoms with Crippen LogP contribution < -0.4 is 15.4 Å². The van der Waals surface area contributed by atoms with Gasteiger partial charge in [0.2, 0.25) is 0 Å². The zero-order valence-electron chi connectivity index (χ0n) is 13.8. The van der Waals surface area contributed by atoms with E-state index in [1.165, 1.54) is 5.56 Å². The Morgan fingerprint density at radius 3 is 2.29 bits per heavy atom. The number of rotatable bonds is 5. The summed E-state index contributed by atoms with van der Waals surface area (Å²) >= 11 is 0. The monoisotopic (exact) mass is 334 g/mol. The minimum absolute atomic E-state index is 0.109. The van der Waals surface area contributed by atoms with Gasteiger partial charge in [-0.1, -0.05) is 26.0 Å². The fourth-order valence-corrected chi connectivity index (χ4v) is 2.10. The normalized spacial score (nSPS) is 11.9. The summed E-state index contributed by atoms with van der Waals surface area (Å²) in [7, 11) is 0. The number of ether oxygens (including phenoxy) is 1. The van der Waals surface area contributed by atoms with Crippen molar-refractivity contribution in [3.63, 3.8) is 0 Å². The van der Waals surface area contributed by atoms with Gasteiger partial charge in [0.25, 0.3) is 0 Å². The molecule has 0 heterocycles. The third kappa shape index (κ3) is 4.94. The van der Waals surface area contributed by atoms with E-state index < -0.39 is 23.9 Å². The van der Waals surface area contributed by atoms with Crippen molar-refractivity contribution in [1.82, 2.24) is 5.32 Å². The Morgan fingerprint density at radius 1 is 1.04 bits per heavy atom. The van der Waals surface area contributed by atoms with Crippen LogP contribution in [-0.4, -0.2) is 12.3 Å². The van der Waals surface area contributed by atoms with Crippen LogP contribution in [0.2, 0.25) is 0 Å². The highest BCUT2D eigenvalue weighted by molar-refractivity contribution is 5.89. The van der Waals surface area contributed by atoms with E-state index in [0.29, 0.717) is 17.7 Å². The predicted octanol–water partition coefficient (Wildman–Crippen LogP) is 4.63. The molecule has 2 aromatic rings. The third-order valence-corrected chi connectivity index (χ3v) is 3.37. The van der Waals surface area contributed by atoms with Crippen molar-refractivity contribution < 1.29 is 18.3 Å². The van der Waals surface area contributed by atoms with Gasteiger partial charge in [0.05, 0.1) is 5.69 Å².